The second-order valence-electron chi connectivity index (χ2n) is 8.88. The van der Waals surface area contributed by atoms with Crippen LogP contribution >= 0.6 is 15.9 Å². The quantitative estimate of drug-likeness (QED) is 0.593. The molecule has 2 aromatic carbocycles. The number of benzene rings is 2. The Bertz CT molecular complexity index is 1210. The lowest BCUT2D eigenvalue weighted by Gasteiger charge is -2.40. The highest BCUT2D eigenvalue weighted by Gasteiger charge is 2.32. The molecule has 1 atom stereocenters. The number of carbonyl (C=O) groups excluding carboxylic acids is 1. The lowest BCUT2D eigenvalue weighted by Crippen LogP contribution is -2.41. The Hall–Kier alpha value is -2.38. The normalized spacial score (nSPS) is 19.8. The second-order valence-corrected chi connectivity index (χ2v) is 9.74. The van der Waals surface area contributed by atoms with Crippen LogP contribution in [0.4, 0.5) is 0 Å². The van der Waals surface area contributed by atoms with Crippen molar-refractivity contribution in [2.24, 2.45) is 0 Å². The Balaban J connectivity index is 1.40. The number of hydrogen-bond donors (Lipinski definition) is 1. The fourth-order valence-corrected chi connectivity index (χ4v) is 6.15. The maximum absolute atomic E-state index is 13.4. The van der Waals surface area contributed by atoms with Gasteiger partial charge in [-0.05, 0) is 61.4 Å². The lowest BCUT2D eigenvalue weighted by atomic mass is 9.85. The molecule has 7 heteroatoms. The summed E-state index contributed by atoms with van der Waals surface area (Å²) in [6.45, 7) is 2.00. The van der Waals surface area contributed by atoms with Gasteiger partial charge in [0.15, 0.2) is 0 Å². The summed E-state index contributed by atoms with van der Waals surface area (Å²) in [6.07, 6.45) is 5.43. The largest absolute Gasteiger partial charge is 0.358 e. The van der Waals surface area contributed by atoms with Gasteiger partial charge in [-0.25, -0.2) is 4.79 Å². The molecule has 168 valence electrons. The number of imidazole rings is 1. The Morgan fingerprint density at radius 2 is 1.81 bits per heavy atom. The van der Waals surface area contributed by atoms with Crippen molar-refractivity contribution in [1.82, 2.24) is 19.4 Å². The predicted molar refractivity (Wildman–Crippen MR) is 130 cm³/mol. The second kappa shape index (κ2) is 8.87. The van der Waals surface area contributed by atoms with E-state index in [-0.39, 0.29) is 24.2 Å². The number of likely N-dealkylation sites (tertiary alicyclic amines) is 1. The molecule has 1 amide bonds. The molecule has 1 aliphatic heterocycles. The zero-order valence-electron chi connectivity index (χ0n) is 18.4. The van der Waals surface area contributed by atoms with E-state index in [9.17, 15) is 9.59 Å². The molecule has 1 N–H and O–H groups in total. The zero-order chi connectivity index (χ0) is 22.2. The van der Waals surface area contributed by atoms with Crippen LogP contribution in [0.2, 0.25) is 0 Å². The van der Waals surface area contributed by atoms with Crippen molar-refractivity contribution >= 4 is 32.9 Å². The van der Waals surface area contributed by atoms with Crippen LogP contribution in [0.5, 0.6) is 0 Å². The van der Waals surface area contributed by atoms with Gasteiger partial charge in [0.2, 0.25) is 5.91 Å². The third kappa shape index (κ3) is 3.71. The number of halogens is 1. The van der Waals surface area contributed by atoms with Gasteiger partial charge in [-0.3, -0.25) is 18.8 Å². The number of likely N-dealkylation sites (N-methyl/N-ethyl adjacent to an activating group) is 1. The highest BCUT2D eigenvalue weighted by molar-refractivity contribution is 9.10. The average Bonchev–Trinajstić information content (AvgIpc) is 3.10. The minimum atomic E-state index is -0.160. The Morgan fingerprint density at radius 1 is 1.06 bits per heavy atom. The predicted octanol–water partition coefficient (Wildman–Crippen LogP) is 4.03. The lowest BCUT2D eigenvalue weighted by molar-refractivity contribution is -0.121. The third-order valence-electron chi connectivity index (χ3n) is 7.17. The van der Waals surface area contributed by atoms with Crippen LogP contribution in [-0.4, -0.2) is 40.1 Å². The topological polar surface area (TPSA) is 59.3 Å². The van der Waals surface area contributed by atoms with Gasteiger partial charge in [-0.2, -0.15) is 0 Å². The van der Waals surface area contributed by atoms with Crippen LogP contribution in [0.3, 0.4) is 0 Å². The van der Waals surface area contributed by atoms with E-state index in [4.69, 9.17) is 0 Å². The molecule has 3 aromatic rings. The van der Waals surface area contributed by atoms with Gasteiger partial charge in [0, 0.05) is 36.7 Å². The van der Waals surface area contributed by atoms with Crippen LogP contribution in [-0.2, 0) is 17.8 Å². The van der Waals surface area contributed by atoms with E-state index in [1.54, 1.807) is 11.6 Å². The first-order valence-electron chi connectivity index (χ1n) is 11.5. The van der Waals surface area contributed by atoms with Crippen molar-refractivity contribution in [3.63, 3.8) is 0 Å². The molecule has 0 saturated carbocycles. The molecule has 1 unspecified atom stereocenters. The minimum Gasteiger partial charge on any atom is -0.358 e. The SMILES string of the molecule is CNC(=O)Cn1c(=O)n(C2CCN(C3CCCc4c(Br)cccc43)CC2)c2ccccc21. The molecule has 32 heavy (non-hydrogen) atoms. The van der Waals surface area contributed by atoms with Crippen molar-refractivity contribution in [2.75, 3.05) is 20.1 Å². The highest BCUT2D eigenvalue weighted by Crippen LogP contribution is 2.39. The maximum Gasteiger partial charge on any atom is 0.329 e. The number of nitrogens with one attached hydrogen (secondary N) is 1. The third-order valence-corrected chi connectivity index (χ3v) is 7.92. The zero-order valence-corrected chi connectivity index (χ0v) is 20.0. The molecule has 0 spiro atoms. The van der Waals surface area contributed by atoms with Gasteiger partial charge >= 0.3 is 5.69 Å². The number of carbonyl (C=O) groups is 1. The maximum atomic E-state index is 13.4. The molecule has 2 aliphatic rings. The first kappa shape index (κ1) is 21.5. The van der Waals surface area contributed by atoms with Crippen LogP contribution < -0.4 is 11.0 Å². The monoisotopic (exact) mass is 496 g/mol. The van der Waals surface area contributed by atoms with Crippen molar-refractivity contribution < 1.29 is 4.79 Å². The number of aromatic nitrogens is 2. The van der Waals surface area contributed by atoms with E-state index >= 15 is 0 Å². The van der Waals surface area contributed by atoms with Crippen molar-refractivity contribution in [2.45, 2.75) is 50.7 Å². The summed E-state index contributed by atoms with van der Waals surface area (Å²) < 4.78 is 4.77. The average molecular weight is 497 g/mol. The van der Waals surface area contributed by atoms with Gasteiger partial charge in [-0.1, -0.05) is 40.2 Å². The minimum absolute atomic E-state index is 0.0510. The van der Waals surface area contributed by atoms with Gasteiger partial charge in [0.05, 0.1) is 11.0 Å². The smallest absolute Gasteiger partial charge is 0.329 e. The van der Waals surface area contributed by atoms with E-state index in [0.717, 1.165) is 43.4 Å². The van der Waals surface area contributed by atoms with Crippen LogP contribution in [0.15, 0.2) is 51.7 Å². The Kier molecular flexibility index (Phi) is 5.95. The van der Waals surface area contributed by atoms with Crippen molar-refractivity contribution in [3.8, 4) is 0 Å². The number of para-hydroxylation sites is 2. The van der Waals surface area contributed by atoms with Crippen LogP contribution in [0.1, 0.15) is 48.9 Å². The van der Waals surface area contributed by atoms with Crippen LogP contribution in [0, 0.1) is 0 Å². The molecular weight excluding hydrogens is 468 g/mol. The standard InChI is InChI=1S/C25H29BrN4O2/c1-27-24(31)16-29-22-9-2-3-10-23(22)30(25(29)32)17-12-14-28(15-13-17)21-11-5-6-18-19(21)7-4-8-20(18)26/h2-4,7-10,17,21H,5-6,11-16H2,1H3,(H,27,31). The summed E-state index contributed by atoms with van der Waals surface area (Å²) in [6, 6.07) is 15.0. The van der Waals surface area contributed by atoms with E-state index in [0.29, 0.717) is 6.04 Å². The van der Waals surface area contributed by atoms with Crippen LogP contribution in [0.25, 0.3) is 11.0 Å². The molecule has 1 aliphatic carbocycles. The molecule has 1 fully saturated rings. The summed E-state index contributed by atoms with van der Waals surface area (Å²) in [5, 5.41) is 2.63. The van der Waals surface area contributed by atoms with Gasteiger partial charge < -0.3 is 5.32 Å². The summed E-state index contributed by atoms with van der Waals surface area (Å²) in [5.41, 5.74) is 4.59. The van der Waals surface area contributed by atoms with Gasteiger partial charge in [-0.15, -0.1) is 0 Å². The number of amides is 1. The highest BCUT2D eigenvalue weighted by atomic mass is 79.9. The first-order valence-corrected chi connectivity index (χ1v) is 12.3. The summed E-state index contributed by atoms with van der Waals surface area (Å²) in [7, 11) is 1.60. The molecule has 0 bridgehead atoms. The summed E-state index contributed by atoms with van der Waals surface area (Å²) in [5.74, 6) is -0.160. The summed E-state index contributed by atoms with van der Waals surface area (Å²) in [4.78, 5) is 28.0. The van der Waals surface area contributed by atoms with E-state index < -0.39 is 0 Å². The Morgan fingerprint density at radius 3 is 2.56 bits per heavy atom. The molecule has 6 nitrogen and oxygen atoms in total. The van der Waals surface area contributed by atoms with Gasteiger partial charge in [0.1, 0.15) is 6.54 Å². The number of hydrogen-bond acceptors (Lipinski definition) is 3. The molecular formula is C25H29BrN4O2. The molecule has 5 rings (SSSR count). The number of piperidine rings is 1. The van der Waals surface area contributed by atoms with Gasteiger partial charge in [0.25, 0.3) is 0 Å². The fraction of sp³-hybridized carbons (Fsp3) is 0.440. The van der Waals surface area contributed by atoms with Crippen molar-refractivity contribution in [3.05, 3.63) is 68.5 Å². The fourth-order valence-electron chi connectivity index (χ4n) is 5.57. The molecule has 1 saturated heterocycles. The summed E-state index contributed by atoms with van der Waals surface area (Å²) >= 11 is 3.74. The molecule has 0 radical (unpaired) electrons. The van der Waals surface area contributed by atoms with E-state index in [1.165, 1.54) is 28.4 Å². The number of rotatable bonds is 4. The molecule has 1 aromatic heterocycles. The molecule has 2 heterocycles. The first-order chi connectivity index (χ1) is 15.6. The Labute approximate surface area is 196 Å². The number of fused-ring (bicyclic) bond motifs is 2. The number of nitrogens with zero attached hydrogens (tertiary/aromatic N) is 3. The van der Waals surface area contributed by atoms with E-state index in [1.807, 2.05) is 28.8 Å². The van der Waals surface area contributed by atoms with Crippen molar-refractivity contribution in [1.29, 1.82) is 0 Å². The van der Waals surface area contributed by atoms with E-state index in [2.05, 4.69) is 44.3 Å².